The van der Waals surface area contributed by atoms with Crippen LogP contribution in [0.4, 0.5) is 0 Å². The van der Waals surface area contributed by atoms with Crippen molar-refractivity contribution < 1.29 is 29.3 Å². The molecule has 0 radical (unpaired) electrons. The molecule has 0 amide bonds. The van der Waals surface area contributed by atoms with Crippen LogP contribution < -0.4 is 4.74 Å². The van der Waals surface area contributed by atoms with Gasteiger partial charge in [-0.15, -0.1) is 0 Å². The molecule has 2 heterocycles. The number of rotatable bonds is 12. The van der Waals surface area contributed by atoms with Gasteiger partial charge in [0.25, 0.3) is 0 Å². The lowest BCUT2D eigenvalue weighted by Gasteiger charge is -2.10. The number of unbranched alkanes of at least 4 members (excludes halogenated alkanes) is 3. The van der Waals surface area contributed by atoms with Crippen molar-refractivity contribution in [3.05, 3.63) is 60.1 Å². The van der Waals surface area contributed by atoms with E-state index in [-0.39, 0.29) is 5.78 Å². The van der Waals surface area contributed by atoms with Crippen LogP contribution in [0.15, 0.2) is 48.8 Å². The van der Waals surface area contributed by atoms with Gasteiger partial charge in [-0.05, 0) is 57.7 Å². The van der Waals surface area contributed by atoms with E-state index in [1.54, 1.807) is 36.7 Å². The second-order valence-electron chi connectivity index (χ2n) is 6.84. The van der Waals surface area contributed by atoms with E-state index in [4.69, 9.17) is 14.9 Å². The quantitative estimate of drug-likeness (QED) is 0.265. The Bertz CT molecular complexity index is 831. The molecule has 0 aliphatic heterocycles. The third kappa shape index (κ3) is 11.3. The van der Waals surface area contributed by atoms with Crippen molar-refractivity contribution in [1.82, 2.24) is 14.9 Å². The zero-order valence-electron chi connectivity index (χ0n) is 17.8. The van der Waals surface area contributed by atoms with Crippen molar-refractivity contribution in [3.63, 3.8) is 0 Å². The van der Waals surface area contributed by atoms with Gasteiger partial charge in [0.05, 0.1) is 17.9 Å². The number of pyridine rings is 1. The fraction of sp³-hybridized carbons (Fsp3) is 0.364. The Morgan fingerprint density at radius 3 is 2.29 bits per heavy atom. The van der Waals surface area contributed by atoms with Gasteiger partial charge in [0, 0.05) is 24.5 Å². The van der Waals surface area contributed by atoms with E-state index < -0.39 is 11.9 Å². The molecule has 0 unspecified atom stereocenters. The number of aliphatic carboxylic acids is 2. The summed E-state index contributed by atoms with van der Waals surface area (Å²) in [6.07, 6.45) is 8.99. The molecule has 0 bridgehead atoms. The number of aromatic nitrogens is 2. The van der Waals surface area contributed by atoms with Crippen LogP contribution in [0.25, 0.3) is 0 Å². The van der Waals surface area contributed by atoms with Gasteiger partial charge in [-0.1, -0.05) is 12.8 Å². The van der Waals surface area contributed by atoms with Crippen LogP contribution >= 0.6 is 0 Å². The predicted octanol–water partition coefficient (Wildman–Crippen LogP) is 2.85. The number of hydrogen-bond acceptors (Lipinski definition) is 6. The molecule has 31 heavy (non-hydrogen) atoms. The number of H-pyrrole nitrogens is 1. The summed E-state index contributed by atoms with van der Waals surface area (Å²) in [5.41, 5.74) is 1.05. The SMILES string of the molecule is CN(C)CCCCCCOc1ncccc1C(=O)c1ccc[nH]1.O=C(O)/C=C/C(=O)O. The minimum atomic E-state index is -1.26. The first-order chi connectivity index (χ1) is 14.8. The average molecular weight is 431 g/mol. The second kappa shape index (κ2) is 14.5. The van der Waals surface area contributed by atoms with Gasteiger partial charge in [-0.25, -0.2) is 14.6 Å². The monoisotopic (exact) mass is 431 g/mol. The van der Waals surface area contributed by atoms with Gasteiger partial charge in [0.2, 0.25) is 11.7 Å². The summed E-state index contributed by atoms with van der Waals surface area (Å²) < 4.78 is 5.73. The molecule has 168 valence electrons. The largest absolute Gasteiger partial charge is 0.478 e. The van der Waals surface area contributed by atoms with Gasteiger partial charge in [0.15, 0.2) is 0 Å². The molecule has 9 nitrogen and oxygen atoms in total. The number of nitrogens with one attached hydrogen (secondary N) is 1. The maximum atomic E-state index is 12.4. The molecule has 3 N–H and O–H groups in total. The zero-order chi connectivity index (χ0) is 23.1. The van der Waals surface area contributed by atoms with E-state index in [0.29, 0.717) is 35.9 Å². The highest BCUT2D eigenvalue weighted by atomic mass is 16.5. The minimum absolute atomic E-state index is 0.0934. The molecule has 2 aromatic rings. The van der Waals surface area contributed by atoms with Crippen LogP contribution in [0.5, 0.6) is 5.88 Å². The summed E-state index contributed by atoms with van der Waals surface area (Å²) in [5, 5.41) is 15.6. The Morgan fingerprint density at radius 2 is 1.71 bits per heavy atom. The maximum absolute atomic E-state index is 12.4. The molecule has 2 rings (SSSR count). The fourth-order valence-corrected chi connectivity index (χ4v) is 2.49. The molecule has 0 spiro atoms. The Kier molecular flexibility index (Phi) is 12.0. The van der Waals surface area contributed by atoms with Crippen molar-refractivity contribution in [2.24, 2.45) is 0 Å². The van der Waals surface area contributed by atoms with E-state index in [0.717, 1.165) is 19.4 Å². The highest BCUT2D eigenvalue weighted by Gasteiger charge is 2.16. The third-order valence-electron chi connectivity index (χ3n) is 3.97. The number of carboxylic acid groups (broad SMARTS) is 2. The van der Waals surface area contributed by atoms with Gasteiger partial charge < -0.3 is 24.8 Å². The van der Waals surface area contributed by atoms with Crippen LogP contribution in [0.3, 0.4) is 0 Å². The van der Waals surface area contributed by atoms with Crippen molar-refractivity contribution in [2.75, 3.05) is 27.2 Å². The Morgan fingerprint density at radius 1 is 1.03 bits per heavy atom. The molecule has 0 fully saturated rings. The summed E-state index contributed by atoms with van der Waals surface area (Å²) in [6.45, 7) is 1.71. The molecule has 0 saturated heterocycles. The summed E-state index contributed by atoms with van der Waals surface area (Å²) in [5.74, 6) is -2.19. The molecule has 0 atom stereocenters. The molecular weight excluding hydrogens is 402 g/mol. The molecule has 0 saturated carbocycles. The maximum Gasteiger partial charge on any atom is 0.328 e. The molecule has 0 aromatic carbocycles. The Labute approximate surface area is 181 Å². The number of carbonyl (C=O) groups is 3. The van der Waals surface area contributed by atoms with Gasteiger partial charge in [-0.3, -0.25) is 4.79 Å². The standard InChI is InChI=1S/C18H25N3O2.C4H4O4/c1-21(2)13-5-3-4-6-14-23-18-15(9-7-12-20-18)17(22)16-10-8-11-19-16;5-3(6)1-2-4(7)8/h7-12,19H,3-6,13-14H2,1-2H3;1-2H,(H,5,6)(H,7,8)/b;2-1+. The minimum Gasteiger partial charge on any atom is -0.478 e. The number of carboxylic acids is 2. The molecular formula is C22H29N3O6. The number of nitrogens with zero attached hydrogens (tertiary/aromatic N) is 2. The lowest BCUT2D eigenvalue weighted by atomic mass is 10.1. The Hall–Kier alpha value is -3.46. The van der Waals surface area contributed by atoms with Crippen LogP contribution in [0.2, 0.25) is 0 Å². The summed E-state index contributed by atoms with van der Waals surface area (Å²) in [7, 11) is 4.18. The van der Waals surface area contributed by atoms with Crippen LogP contribution in [0.1, 0.15) is 41.7 Å². The number of ketones is 1. The number of ether oxygens (including phenoxy) is 1. The van der Waals surface area contributed by atoms with Gasteiger partial charge >= 0.3 is 11.9 Å². The van der Waals surface area contributed by atoms with Gasteiger partial charge in [-0.2, -0.15) is 0 Å². The van der Waals surface area contributed by atoms with E-state index in [1.807, 2.05) is 0 Å². The van der Waals surface area contributed by atoms with Crippen LogP contribution in [-0.4, -0.2) is 70.0 Å². The smallest absolute Gasteiger partial charge is 0.328 e. The average Bonchev–Trinajstić information content (AvgIpc) is 3.26. The van der Waals surface area contributed by atoms with Crippen molar-refractivity contribution in [3.8, 4) is 5.88 Å². The lowest BCUT2D eigenvalue weighted by molar-refractivity contribution is -0.134. The second-order valence-corrected chi connectivity index (χ2v) is 6.84. The van der Waals surface area contributed by atoms with Crippen LogP contribution in [-0.2, 0) is 9.59 Å². The first-order valence-corrected chi connectivity index (χ1v) is 9.85. The normalized spacial score (nSPS) is 10.5. The molecule has 0 aliphatic rings. The summed E-state index contributed by atoms with van der Waals surface area (Å²) in [6, 6.07) is 7.06. The van der Waals surface area contributed by atoms with E-state index >= 15 is 0 Å². The van der Waals surface area contributed by atoms with E-state index in [9.17, 15) is 14.4 Å². The van der Waals surface area contributed by atoms with E-state index in [1.165, 1.54) is 12.8 Å². The molecule has 2 aromatic heterocycles. The summed E-state index contributed by atoms with van der Waals surface area (Å²) in [4.78, 5) is 40.8. The van der Waals surface area contributed by atoms with Crippen LogP contribution in [0, 0.1) is 0 Å². The lowest BCUT2D eigenvalue weighted by Crippen LogP contribution is -2.12. The predicted molar refractivity (Wildman–Crippen MR) is 115 cm³/mol. The van der Waals surface area contributed by atoms with Crippen molar-refractivity contribution >= 4 is 17.7 Å². The highest BCUT2D eigenvalue weighted by molar-refractivity contribution is 6.09. The number of carbonyl (C=O) groups excluding carboxylic acids is 1. The highest BCUT2D eigenvalue weighted by Crippen LogP contribution is 2.18. The van der Waals surface area contributed by atoms with Crippen molar-refractivity contribution in [2.45, 2.75) is 25.7 Å². The first-order valence-electron chi connectivity index (χ1n) is 9.85. The van der Waals surface area contributed by atoms with Crippen molar-refractivity contribution in [1.29, 1.82) is 0 Å². The first kappa shape index (κ1) is 25.6. The zero-order valence-corrected chi connectivity index (χ0v) is 17.8. The van der Waals surface area contributed by atoms with E-state index in [2.05, 4.69) is 29.0 Å². The molecule has 9 heteroatoms. The van der Waals surface area contributed by atoms with Gasteiger partial charge in [0.1, 0.15) is 0 Å². The summed E-state index contributed by atoms with van der Waals surface area (Å²) >= 11 is 0. The number of hydrogen-bond donors (Lipinski definition) is 3. The fourth-order valence-electron chi connectivity index (χ4n) is 2.49. The third-order valence-corrected chi connectivity index (χ3v) is 3.97. The topological polar surface area (TPSA) is 133 Å². The Balaban J connectivity index is 0.000000512. The number of aromatic amines is 1. The molecule has 0 aliphatic carbocycles.